The van der Waals surface area contributed by atoms with Gasteiger partial charge < -0.3 is 14.4 Å². The fraction of sp³-hybridized carbons (Fsp3) is 0.333. The summed E-state index contributed by atoms with van der Waals surface area (Å²) in [7, 11) is -3.59. The second kappa shape index (κ2) is 10.3. The van der Waals surface area contributed by atoms with E-state index in [1.54, 1.807) is 41.3 Å². The van der Waals surface area contributed by atoms with Crippen LogP contribution in [0.15, 0.2) is 65.8 Å². The molecule has 3 aromatic rings. The van der Waals surface area contributed by atoms with Gasteiger partial charge >= 0.3 is 0 Å². The first-order chi connectivity index (χ1) is 16.4. The molecule has 34 heavy (non-hydrogen) atoms. The molecule has 0 saturated carbocycles. The van der Waals surface area contributed by atoms with Crippen molar-refractivity contribution >= 4 is 22.0 Å². The highest BCUT2D eigenvalue weighted by atomic mass is 32.2. The van der Waals surface area contributed by atoms with Gasteiger partial charge in [0.2, 0.25) is 10.0 Å². The first kappa shape index (κ1) is 23.8. The van der Waals surface area contributed by atoms with Gasteiger partial charge in [-0.2, -0.15) is 9.40 Å². The lowest BCUT2D eigenvalue weighted by atomic mass is 10.2. The Labute approximate surface area is 199 Å². The summed E-state index contributed by atoms with van der Waals surface area (Å²) in [4.78, 5) is 13.2. The highest BCUT2D eigenvalue weighted by Gasteiger charge is 2.29. The third-order valence-electron chi connectivity index (χ3n) is 5.44. The average Bonchev–Trinajstić information content (AvgIpc) is 3.37. The largest absolute Gasteiger partial charge is 0.491 e. The van der Waals surface area contributed by atoms with E-state index in [2.05, 4.69) is 10.00 Å². The molecule has 1 aliphatic rings. The van der Waals surface area contributed by atoms with Crippen LogP contribution < -0.4 is 14.4 Å². The molecular formula is C24H28N4O5S. The zero-order valence-electron chi connectivity index (χ0n) is 19.2. The van der Waals surface area contributed by atoms with Crippen molar-refractivity contribution < 1.29 is 22.7 Å². The molecule has 9 nitrogen and oxygen atoms in total. The van der Waals surface area contributed by atoms with E-state index in [-0.39, 0.29) is 17.6 Å². The SMILES string of the molecule is CC(C)Oc1ccc(S(=O)(=O)N2CCN(c3ccc(-n4cccn4)c(OCC=O)c3)CC2)cc1. The normalized spacial score (nSPS) is 14.9. The zero-order chi connectivity index (χ0) is 24.1. The molecule has 4 rings (SSSR count). The van der Waals surface area contributed by atoms with Crippen LogP contribution in [0.3, 0.4) is 0 Å². The molecule has 0 aliphatic carbocycles. The standard InChI is InChI=1S/C24H28N4O5S/c1-19(2)33-21-5-7-22(8-6-21)34(30,31)27-14-12-26(13-15-27)20-4-9-23(28-11-3-10-25-28)24(18-20)32-17-16-29/h3-11,16,18-19H,12-15,17H2,1-2H3. The Morgan fingerprint density at radius 2 is 1.79 bits per heavy atom. The Balaban J connectivity index is 1.46. The molecule has 0 N–H and O–H groups in total. The number of piperazine rings is 1. The summed E-state index contributed by atoms with van der Waals surface area (Å²) in [6.07, 6.45) is 4.19. The van der Waals surface area contributed by atoms with Crippen molar-refractivity contribution in [1.29, 1.82) is 0 Å². The van der Waals surface area contributed by atoms with Gasteiger partial charge in [0, 0.05) is 50.3 Å². The molecule has 0 unspecified atom stereocenters. The predicted molar refractivity (Wildman–Crippen MR) is 128 cm³/mol. The third-order valence-corrected chi connectivity index (χ3v) is 7.35. The van der Waals surface area contributed by atoms with E-state index >= 15 is 0 Å². The van der Waals surface area contributed by atoms with Crippen LogP contribution in [0.5, 0.6) is 11.5 Å². The maximum absolute atomic E-state index is 13.1. The van der Waals surface area contributed by atoms with E-state index in [1.165, 1.54) is 4.31 Å². The molecule has 10 heteroatoms. The molecule has 1 saturated heterocycles. The minimum atomic E-state index is -3.59. The summed E-state index contributed by atoms with van der Waals surface area (Å²) in [5, 5.41) is 4.24. The van der Waals surface area contributed by atoms with E-state index in [1.807, 2.05) is 38.1 Å². The van der Waals surface area contributed by atoms with Crippen LogP contribution in [0.25, 0.3) is 5.69 Å². The molecular weight excluding hydrogens is 456 g/mol. The van der Waals surface area contributed by atoms with Gasteiger partial charge in [0.15, 0.2) is 6.29 Å². The van der Waals surface area contributed by atoms with Crippen molar-refractivity contribution in [3.05, 3.63) is 60.9 Å². The Kier molecular flexibility index (Phi) is 7.18. The quantitative estimate of drug-likeness (QED) is 0.431. The van der Waals surface area contributed by atoms with Crippen molar-refractivity contribution in [2.24, 2.45) is 0 Å². The zero-order valence-corrected chi connectivity index (χ0v) is 20.0. The van der Waals surface area contributed by atoms with Gasteiger partial charge in [-0.1, -0.05) is 0 Å². The first-order valence-electron chi connectivity index (χ1n) is 11.1. The maximum Gasteiger partial charge on any atom is 0.243 e. The topological polar surface area (TPSA) is 94.0 Å². The summed E-state index contributed by atoms with van der Waals surface area (Å²) in [5.41, 5.74) is 1.62. The summed E-state index contributed by atoms with van der Waals surface area (Å²) in [6.45, 7) is 5.56. The van der Waals surface area contributed by atoms with E-state index in [9.17, 15) is 13.2 Å². The van der Waals surface area contributed by atoms with Crippen LogP contribution in [-0.2, 0) is 14.8 Å². The van der Waals surface area contributed by atoms with E-state index in [4.69, 9.17) is 9.47 Å². The van der Waals surface area contributed by atoms with Gasteiger partial charge in [0.25, 0.3) is 0 Å². The summed E-state index contributed by atoms with van der Waals surface area (Å²) >= 11 is 0. The number of carbonyl (C=O) groups excluding carboxylic acids is 1. The summed E-state index contributed by atoms with van der Waals surface area (Å²) in [6, 6.07) is 14.0. The second-order valence-electron chi connectivity index (χ2n) is 8.11. The molecule has 1 aliphatic heterocycles. The van der Waals surface area contributed by atoms with E-state index in [0.717, 1.165) is 11.4 Å². The molecule has 0 bridgehead atoms. The number of carbonyl (C=O) groups is 1. The van der Waals surface area contributed by atoms with Crippen molar-refractivity contribution in [1.82, 2.24) is 14.1 Å². The number of hydrogen-bond donors (Lipinski definition) is 0. The van der Waals surface area contributed by atoms with Crippen LogP contribution in [0.1, 0.15) is 13.8 Å². The first-order valence-corrected chi connectivity index (χ1v) is 12.5. The van der Waals surface area contributed by atoms with E-state index < -0.39 is 10.0 Å². The minimum absolute atomic E-state index is 0.0218. The van der Waals surface area contributed by atoms with Crippen LogP contribution in [0.4, 0.5) is 5.69 Å². The van der Waals surface area contributed by atoms with Crippen molar-refractivity contribution in [3.8, 4) is 17.2 Å². The third kappa shape index (κ3) is 5.23. The van der Waals surface area contributed by atoms with Gasteiger partial charge in [-0.15, -0.1) is 0 Å². The van der Waals surface area contributed by atoms with Crippen molar-refractivity contribution in [2.45, 2.75) is 24.8 Å². The van der Waals surface area contributed by atoms with Gasteiger partial charge in [-0.05, 0) is 56.3 Å². The lowest BCUT2D eigenvalue weighted by Gasteiger charge is -2.35. The number of benzene rings is 2. The smallest absolute Gasteiger partial charge is 0.243 e. The number of nitrogens with zero attached hydrogens (tertiary/aromatic N) is 4. The number of sulfonamides is 1. The fourth-order valence-corrected chi connectivity index (χ4v) is 5.26. The average molecular weight is 485 g/mol. The molecule has 1 fully saturated rings. The fourth-order valence-electron chi connectivity index (χ4n) is 3.84. The Bertz CT molecular complexity index is 1200. The maximum atomic E-state index is 13.1. The number of aldehydes is 1. The number of aromatic nitrogens is 2. The lowest BCUT2D eigenvalue weighted by molar-refractivity contribution is -0.109. The molecule has 1 aromatic heterocycles. The number of rotatable bonds is 9. The van der Waals surface area contributed by atoms with Gasteiger partial charge in [-0.25, -0.2) is 13.1 Å². The van der Waals surface area contributed by atoms with Crippen LogP contribution in [-0.4, -0.2) is 67.7 Å². The van der Waals surface area contributed by atoms with Crippen LogP contribution in [0.2, 0.25) is 0 Å². The molecule has 0 spiro atoms. The number of hydrogen-bond acceptors (Lipinski definition) is 7. The molecule has 0 amide bonds. The Morgan fingerprint density at radius 3 is 2.41 bits per heavy atom. The predicted octanol–water partition coefficient (Wildman–Crippen LogP) is 2.75. The molecule has 180 valence electrons. The van der Waals surface area contributed by atoms with E-state index in [0.29, 0.717) is 44.0 Å². The number of anilines is 1. The van der Waals surface area contributed by atoms with Crippen molar-refractivity contribution in [2.75, 3.05) is 37.7 Å². The Hall–Kier alpha value is -3.37. The molecule has 0 atom stereocenters. The minimum Gasteiger partial charge on any atom is -0.491 e. The number of ether oxygens (including phenoxy) is 2. The Morgan fingerprint density at radius 1 is 1.06 bits per heavy atom. The summed E-state index contributed by atoms with van der Waals surface area (Å²) < 4.78 is 40.7. The highest BCUT2D eigenvalue weighted by molar-refractivity contribution is 7.89. The van der Waals surface area contributed by atoms with Crippen molar-refractivity contribution in [3.63, 3.8) is 0 Å². The molecule has 2 heterocycles. The second-order valence-corrected chi connectivity index (χ2v) is 10.0. The van der Waals surface area contributed by atoms with Gasteiger partial charge in [-0.3, -0.25) is 4.79 Å². The highest BCUT2D eigenvalue weighted by Crippen LogP contribution is 2.30. The molecule has 2 aromatic carbocycles. The summed E-state index contributed by atoms with van der Waals surface area (Å²) in [5.74, 6) is 1.18. The lowest BCUT2D eigenvalue weighted by Crippen LogP contribution is -2.48. The molecule has 0 radical (unpaired) electrons. The van der Waals surface area contributed by atoms with Gasteiger partial charge in [0.05, 0.1) is 11.0 Å². The van der Waals surface area contributed by atoms with Crippen LogP contribution in [0, 0.1) is 0 Å². The monoisotopic (exact) mass is 484 g/mol. The van der Waals surface area contributed by atoms with Crippen LogP contribution >= 0.6 is 0 Å². The van der Waals surface area contributed by atoms with Gasteiger partial charge in [0.1, 0.15) is 23.8 Å².